The Morgan fingerprint density at radius 1 is 0.346 bits per heavy atom. The quantitative estimate of drug-likeness (QED) is 0.167. The molecule has 0 saturated carbocycles. The minimum Gasteiger partial charge on any atom is -0.256 e. The van der Waals surface area contributed by atoms with E-state index in [4.69, 9.17) is 4.98 Å². The van der Waals surface area contributed by atoms with Crippen LogP contribution in [0.5, 0.6) is 0 Å². The maximum absolute atomic E-state index is 5.21. The summed E-state index contributed by atoms with van der Waals surface area (Å²) in [6.07, 6.45) is 2.05. The molecule has 0 fully saturated rings. The smallest absolute Gasteiger partial charge is 0.0714 e. The van der Waals surface area contributed by atoms with E-state index < -0.39 is 0 Å². The second kappa shape index (κ2) is 12.3. The van der Waals surface area contributed by atoms with Crippen LogP contribution in [0.25, 0.3) is 88.4 Å². The van der Waals surface area contributed by atoms with E-state index in [0.717, 1.165) is 16.8 Å². The molecule has 244 valence electrons. The van der Waals surface area contributed by atoms with Gasteiger partial charge in [-0.3, -0.25) is 4.98 Å². The van der Waals surface area contributed by atoms with E-state index in [9.17, 15) is 0 Å². The molecule has 0 radical (unpaired) electrons. The Labute approximate surface area is 304 Å². The van der Waals surface area contributed by atoms with Crippen molar-refractivity contribution in [3.63, 3.8) is 0 Å². The lowest BCUT2D eigenvalue weighted by Crippen LogP contribution is -1.94. The first-order chi connectivity index (χ1) is 25.7. The summed E-state index contributed by atoms with van der Waals surface area (Å²) in [6, 6.07) is 66.2. The molecule has 1 aliphatic carbocycles. The van der Waals surface area contributed by atoms with Crippen LogP contribution < -0.4 is 0 Å². The lowest BCUT2D eigenvalue weighted by Gasteiger charge is -2.18. The van der Waals surface area contributed by atoms with E-state index in [1.807, 2.05) is 6.20 Å². The standard InChI is InChI=1S/C51H35N/c1-33-41-18-8-9-19-42(41)43-26-24-36(31-48(33)43)50-44-20-10-12-22-46(44)51(47-23-13-11-21-45(47)50)49-27-25-37(32-52-49)40-29-38(34-14-4-2-5-15-34)28-39(30-40)35-16-6-3-7-17-35/h2-33H,1H3. The van der Waals surface area contributed by atoms with E-state index in [-0.39, 0.29) is 0 Å². The molecule has 0 N–H and O–H groups in total. The number of nitrogens with zero attached hydrogens (tertiary/aromatic N) is 1. The molecule has 1 nitrogen and oxygen atoms in total. The molecule has 1 aromatic heterocycles. The topological polar surface area (TPSA) is 12.9 Å². The first-order valence-electron chi connectivity index (χ1n) is 18.1. The van der Waals surface area contributed by atoms with Gasteiger partial charge in [-0.05, 0) is 113 Å². The molecule has 0 spiro atoms. The number of pyridine rings is 1. The maximum Gasteiger partial charge on any atom is 0.0714 e. The molecule has 0 amide bonds. The Kier molecular flexibility index (Phi) is 7.18. The fourth-order valence-electron chi connectivity index (χ4n) is 8.43. The summed E-state index contributed by atoms with van der Waals surface area (Å²) in [4.78, 5) is 5.21. The lowest BCUT2D eigenvalue weighted by atomic mass is 9.86. The van der Waals surface area contributed by atoms with Crippen molar-refractivity contribution in [2.75, 3.05) is 0 Å². The van der Waals surface area contributed by atoms with Crippen LogP contribution in [0.15, 0.2) is 188 Å². The van der Waals surface area contributed by atoms with Crippen LogP contribution in [0.2, 0.25) is 0 Å². The summed E-state index contributed by atoms with van der Waals surface area (Å²) in [6.45, 7) is 2.34. The fourth-order valence-corrected chi connectivity index (χ4v) is 8.43. The highest BCUT2D eigenvalue weighted by Gasteiger charge is 2.26. The van der Waals surface area contributed by atoms with Crippen molar-refractivity contribution in [3.05, 3.63) is 199 Å². The monoisotopic (exact) mass is 661 g/mol. The molecule has 1 aliphatic rings. The fraction of sp³-hybridized carbons (Fsp3) is 0.0392. The molecular weight excluding hydrogens is 627 g/mol. The van der Waals surface area contributed by atoms with Gasteiger partial charge in [-0.1, -0.05) is 159 Å². The largest absolute Gasteiger partial charge is 0.256 e. The summed E-state index contributed by atoms with van der Waals surface area (Å²) < 4.78 is 0. The van der Waals surface area contributed by atoms with Gasteiger partial charge in [0.1, 0.15) is 0 Å². The van der Waals surface area contributed by atoms with Gasteiger partial charge in [0.25, 0.3) is 0 Å². The van der Waals surface area contributed by atoms with Gasteiger partial charge >= 0.3 is 0 Å². The SMILES string of the molecule is CC1c2ccccc2-c2ccc(-c3c4ccccc4c(-c4ccc(-c5cc(-c6ccccc6)cc(-c6ccccc6)c5)cn4)c4ccccc34)cc21. The predicted octanol–water partition coefficient (Wildman–Crippen LogP) is 13.9. The van der Waals surface area contributed by atoms with E-state index in [0.29, 0.717) is 5.92 Å². The zero-order valence-corrected chi connectivity index (χ0v) is 28.9. The summed E-state index contributed by atoms with van der Waals surface area (Å²) in [5, 5.41) is 4.91. The van der Waals surface area contributed by atoms with Crippen molar-refractivity contribution >= 4 is 21.5 Å². The van der Waals surface area contributed by atoms with Crippen molar-refractivity contribution in [2.24, 2.45) is 0 Å². The molecule has 0 aliphatic heterocycles. The second-order valence-corrected chi connectivity index (χ2v) is 13.9. The normalized spacial score (nSPS) is 13.3. The van der Waals surface area contributed by atoms with Crippen LogP contribution in [0.4, 0.5) is 0 Å². The summed E-state index contributed by atoms with van der Waals surface area (Å²) in [5.41, 5.74) is 17.2. The zero-order chi connectivity index (χ0) is 34.6. The van der Waals surface area contributed by atoms with Crippen molar-refractivity contribution in [2.45, 2.75) is 12.8 Å². The van der Waals surface area contributed by atoms with Crippen LogP contribution >= 0.6 is 0 Å². The van der Waals surface area contributed by atoms with E-state index in [1.165, 1.54) is 82.7 Å². The van der Waals surface area contributed by atoms with Gasteiger partial charge in [-0.2, -0.15) is 0 Å². The predicted molar refractivity (Wildman–Crippen MR) is 219 cm³/mol. The molecule has 0 bridgehead atoms. The molecule has 1 atom stereocenters. The van der Waals surface area contributed by atoms with E-state index >= 15 is 0 Å². The van der Waals surface area contributed by atoms with Crippen LogP contribution in [0.1, 0.15) is 24.0 Å². The number of aromatic nitrogens is 1. The van der Waals surface area contributed by atoms with E-state index in [2.05, 4.69) is 189 Å². The van der Waals surface area contributed by atoms with Crippen molar-refractivity contribution in [1.82, 2.24) is 4.98 Å². The molecule has 52 heavy (non-hydrogen) atoms. The third kappa shape index (κ3) is 4.97. The van der Waals surface area contributed by atoms with E-state index in [1.54, 1.807) is 0 Å². The van der Waals surface area contributed by atoms with Crippen molar-refractivity contribution in [1.29, 1.82) is 0 Å². The van der Waals surface area contributed by atoms with Crippen LogP contribution in [0.3, 0.4) is 0 Å². The number of hydrogen-bond donors (Lipinski definition) is 0. The van der Waals surface area contributed by atoms with Gasteiger partial charge in [0.05, 0.1) is 5.69 Å². The number of rotatable bonds is 5. The second-order valence-electron chi connectivity index (χ2n) is 13.9. The highest BCUT2D eigenvalue weighted by molar-refractivity contribution is 6.21. The van der Waals surface area contributed by atoms with Crippen LogP contribution in [-0.2, 0) is 0 Å². The number of hydrogen-bond acceptors (Lipinski definition) is 1. The minimum absolute atomic E-state index is 0.364. The number of benzene rings is 8. The Bertz CT molecular complexity index is 2660. The molecule has 1 heteroatoms. The molecule has 8 aromatic carbocycles. The molecule has 10 rings (SSSR count). The van der Waals surface area contributed by atoms with Crippen LogP contribution in [-0.4, -0.2) is 4.98 Å². The van der Waals surface area contributed by atoms with Crippen molar-refractivity contribution < 1.29 is 0 Å². The minimum atomic E-state index is 0.364. The lowest BCUT2D eigenvalue weighted by molar-refractivity contribution is 0.957. The van der Waals surface area contributed by atoms with Gasteiger partial charge in [-0.15, -0.1) is 0 Å². The third-order valence-corrected chi connectivity index (χ3v) is 11.0. The Hall–Kier alpha value is -6.57. The average Bonchev–Trinajstić information content (AvgIpc) is 3.51. The highest BCUT2D eigenvalue weighted by Crippen LogP contribution is 2.48. The average molecular weight is 662 g/mol. The number of fused-ring (bicyclic) bond motifs is 5. The molecule has 9 aromatic rings. The molecular formula is C51H35N. The molecule has 1 heterocycles. The Morgan fingerprint density at radius 3 is 1.40 bits per heavy atom. The zero-order valence-electron chi connectivity index (χ0n) is 28.9. The molecule has 1 unspecified atom stereocenters. The van der Waals surface area contributed by atoms with Gasteiger partial charge in [0.15, 0.2) is 0 Å². The summed E-state index contributed by atoms with van der Waals surface area (Å²) >= 11 is 0. The van der Waals surface area contributed by atoms with Gasteiger partial charge in [0, 0.05) is 23.2 Å². The third-order valence-electron chi connectivity index (χ3n) is 11.0. The Morgan fingerprint density at radius 2 is 0.827 bits per heavy atom. The van der Waals surface area contributed by atoms with Gasteiger partial charge < -0.3 is 0 Å². The van der Waals surface area contributed by atoms with Crippen molar-refractivity contribution in [3.8, 4) is 66.9 Å². The first kappa shape index (κ1) is 30.3. The first-order valence-corrected chi connectivity index (χ1v) is 18.1. The summed E-state index contributed by atoms with van der Waals surface area (Å²) in [5.74, 6) is 0.364. The highest BCUT2D eigenvalue weighted by atomic mass is 14.7. The van der Waals surface area contributed by atoms with Gasteiger partial charge in [-0.25, -0.2) is 0 Å². The summed E-state index contributed by atoms with van der Waals surface area (Å²) in [7, 11) is 0. The van der Waals surface area contributed by atoms with Crippen LogP contribution in [0, 0.1) is 0 Å². The maximum atomic E-state index is 5.21. The molecule has 0 saturated heterocycles. The Balaban J connectivity index is 1.12. The van der Waals surface area contributed by atoms with Gasteiger partial charge in [0.2, 0.25) is 0 Å².